The molecule has 2 aromatic heterocycles. The van der Waals surface area contributed by atoms with Gasteiger partial charge in [-0.15, -0.1) is 0 Å². The predicted molar refractivity (Wildman–Crippen MR) is 78.7 cm³/mol. The molecule has 0 bridgehead atoms. The molecule has 2 aromatic rings. The molecule has 5 nitrogen and oxygen atoms in total. The van der Waals surface area contributed by atoms with Crippen molar-refractivity contribution in [3.8, 4) is 0 Å². The Bertz CT molecular complexity index is 579. The minimum Gasteiger partial charge on any atom is -0.383 e. The molecule has 2 heterocycles. The summed E-state index contributed by atoms with van der Waals surface area (Å²) in [5.74, 6) is 2.44. The van der Waals surface area contributed by atoms with Gasteiger partial charge in [-0.25, -0.2) is 15.0 Å². The molecule has 2 N–H and O–H groups in total. The average molecular weight is 295 g/mol. The second-order valence-electron chi connectivity index (χ2n) is 4.48. The van der Waals surface area contributed by atoms with Gasteiger partial charge in [0.05, 0.1) is 0 Å². The summed E-state index contributed by atoms with van der Waals surface area (Å²) in [6, 6.07) is 0. The van der Waals surface area contributed by atoms with Crippen LogP contribution in [0.5, 0.6) is 0 Å². The number of nitrogen functional groups attached to an aromatic ring is 1. The first-order chi connectivity index (χ1) is 9.01. The monoisotopic (exact) mass is 295 g/mol. The van der Waals surface area contributed by atoms with Crippen LogP contribution in [0.1, 0.15) is 43.9 Å². The van der Waals surface area contributed by atoms with Gasteiger partial charge in [0, 0.05) is 17.9 Å². The topological polar surface area (TPSA) is 77.6 Å². The maximum absolute atomic E-state index is 5.95. The number of hydrogen-bond acceptors (Lipinski definition) is 7. The summed E-state index contributed by atoms with van der Waals surface area (Å²) in [6.07, 6.45) is 0.846. The van der Waals surface area contributed by atoms with Crippen molar-refractivity contribution in [3.63, 3.8) is 0 Å². The molecule has 0 atom stereocenters. The highest BCUT2D eigenvalue weighted by Crippen LogP contribution is 2.32. The number of nitrogens with two attached hydrogens (primary N) is 1. The molecule has 0 saturated heterocycles. The fourth-order valence-corrected chi connectivity index (χ4v) is 3.10. The van der Waals surface area contributed by atoms with Crippen LogP contribution in [-0.4, -0.2) is 19.3 Å². The molecule has 0 spiro atoms. The number of anilines is 1. The van der Waals surface area contributed by atoms with Crippen molar-refractivity contribution in [1.82, 2.24) is 19.3 Å². The van der Waals surface area contributed by atoms with Gasteiger partial charge in [-0.05, 0) is 30.2 Å². The second kappa shape index (κ2) is 5.83. The van der Waals surface area contributed by atoms with Crippen LogP contribution in [-0.2, 0) is 6.42 Å². The first-order valence-electron chi connectivity index (χ1n) is 6.15. The van der Waals surface area contributed by atoms with E-state index in [4.69, 9.17) is 5.73 Å². The third-order valence-corrected chi connectivity index (χ3v) is 4.50. The van der Waals surface area contributed by atoms with Gasteiger partial charge in [0.15, 0.2) is 4.34 Å². The SMILES string of the molecule is CCc1nsc(Sc2nc(C(C)C)nc(N)c2C)n1. The van der Waals surface area contributed by atoms with E-state index in [1.54, 1.807) is 0 Å². The smallest absolute Gasteiger partial charge is 0.176 e. The third-order valence-electron chi connectivity index (χ3n) is 2.62. The molecule has 0 radical (unpaired) electrons. The molecule has 0 aromatic carbocycles. The lowest BCUT2D eigenvalue weighted by Gasteiger charge is -2.10. The molecule has 0 saturated carbocycles. The minimum atomic E-state index is 0.253. The van der Waals surface area contributed by atoms with Gasteiger partial charge < -0.3 is 5.73 Å². The van der Waals surface area contributed by atoms with Crippen LogP contribution in [0.2, 0.25) is 0 Å². The van der Waals surface area contributed by atoms with E-state index in [1.807, 2.05) is 13.8 Å². The summed E-state index contributed by atoms with van der Waals surface area (Å²) >= 11 is 2.91. The van der Waals surface area contributed by atoms with E-state index in [2.05, 4.69) is 33.2 Å². The van der Waals surface area contributed by atoms with Crippen molar-refractivity contribution in [2.24, 2.45) is 0 Å². The minimum absolute atomic E-state index is 0.253. The lowest BCUT2D eigenvalue weighted by molar-refractivity contribution is 0.751. The lowest BCUT2D eigenvalue weighted by atomic mass is 10.2. The lowest BCUT2D eigenvalue weighted by Crippen LogP contribution is -2.05. The highest BCUT2D eigenvalue weighted by molar-refractivity contribution is 8.00. The quantitative estimate of drug-likeness (QED) is 0.873. The summed E-state index contributed by atoms with van der Waals surface area (Å²) in [7, 11) is 0. The van der Waals surface area contributed by atoms with Gasteiger partial charge in [0.2, 0.25) is 0 Å². The number of hydrogen-bond donors (Lipinski definition) is 1. The fourth-order valence-electron chi connectivity index (χ4n) is 1.39. The molecule has 0 aliphatic carbocycles. The molecule has 0 fully saturated rings. The Hall–Kier alpha value is -1.21. The highest BCUT2D eigenvalue weighted by atomic mass is 32.2. The Morgan fingerprint density at radius 3 is 2.58 bits per heavy atom. The summed E-state index contributed by atoms with van der Waals surface area (Å²) in [4.78, 5) is 13.3. The Morgan fingerprint density at radius 1 is 1.26 bits per heavy atom. The van der Waals surface area contributed by atoms with Crippen molar-refractivity contribution < 1.29 is 0 Å². The molecule has 0 unspecified atom stereocenters. The zero-order valence-electron chi connectivity index (χ0n) is 11.5. The fraction of sp³-hybridized carbons (Fsp3) is 0.500. The van der Waals surface area contributed by atoms with Gasteiger partial charge >= 0.3 is 0 Å². The van der Waals surface area contributed by atoms with E-state index in [-0.39, 0.29) is 5.92 Å². The first kappa shape index (κ1) is 14.2. The molecule has 0 aliphatic rings. The maximum Gasteiger partial charge on any atom is 0.176 e. The van der Waals surface area contributed by atoms with Crippen LogP contribution < -0.4 is 5.73 Å². The van der Waals surface area contributed by atoms with Gasteiger partial charge in [-0.2, -0.15) is 4.37 Å². The standard InChI is InChI=1S/C12H17N5S2/c1-5-8-14-12(19-17-8)18-11-7(4)9(13)15-10(16-11)6(2)3/h6H,5H2,1-4H3,(H2,13,15,16). The number of nitrogens with zero attached hydrogens (tertiary/aromatic N) is 4. The summed E-state index contributed by atoms with van der Waals surface area (Å²) in [6.45, 7) is 8.09. The van der Waals surface area contributed by atoms with Crippen LogP contribution in [0.3, 0.4) is 0 Å². The molecule has 19 heavy (non-hydrogen) atoms. The Labute approximate surface area is 121 Å². The number of aromatic nitrogens is 4. The van der Waals surface area contributed by atoms with Crippen molar-refractivity contribution in [3.05, 3.63) is 17.2 Å². The van der Waals surface area contributed by atoms with Crippen molar-refractivity contribution in [2.75, 3.05) is 5.73 Å². The van der Waals surface area contributed by atoms with Crippen molar-refractivity contribution >= 4 is 29.1 Å². The number of aryl methyl sites for hydroxylation is 1. The van der Waals surface area contributed by atoms with Gasteiger partial charge in [0.25, 0.3) is 0 Å². The summed E-state index contributed by atoms with van der Waals surface area (Å²) in [5.41, 5.74) is 6.85. The van der Waals surface area contributed by atoms with E-state index in [0.29, 0.717) is 5.82 Å². The van der Waals surface area contributed by atoms with Gasteiger partial charge in [-0.1, -0.05) is 20.8 Å². The molecular formula is C12H17N5S2. The zero-order valence-corrected chi connectivity index (χ0v) is 13.1. The molecule has 2 rings (SSSR count). The first-order valence-corrected chi connectivity index (χ1v) is 7.74. The van der Waals surface area contributed by atoms with Crippen LogP contribution in [0.25, 0.3) is 0 Å². The van der Waals surface area contributed by atoms with Gasteiger partial charge in [-0.3, -0.25) is 0 Å². The van der Waals surface area contributed by atoms with Crippen LogP contribution in [0.4, 0.5) is 5.82 Å². The van der Waals surface area contributed by atoms with E-state index >= 15 is 0 Å². The maximum atomic E-state index is 5.95. The third kappa shape index (κ3) is 3.22. The van der Waals surface area contributed by atoms with Gasteiger partial charge in [0.1, 0.15) is 22.5 Å². The van der Waals surface area contributed by atoms with Crippen LogP contribution in [0.15, 0.2) is 9.37 Å². The second-order valence-corrected chi connectivity index (χ2v) is 6.47. The predicted octanol–water partition coefficient (Wildman–Crippen LogP) is 3.06. The summed E-state index contributed by atoms with van der Waals surface area (Å²) < 4.78 is 5.17. The number of rotatable bonds is 4. The van der Waals surface area contributed by atoms with E-state index in [9.17, 15) is 0 Å². The van der Waals surface area contributed by atoms with Crippen LogP contribution in [0, 0.1) is 6.92 Å². The highest BCUT2D eigenvalue weighted by Gasteiger charge is 2.14. The van der Waals surface area contributed by atoms with E-state index in [0.717, 1.165) is 33.0 Å². The van der Waals surface area contributed by atoms with Crippen molar-refractivity contribution in [1.29, 1.82) is 0 Å². The van der Waals surface area contributed by atoms with Crippen molar-refractivity contribution in [2.45, 2.75) is 49.4 Å². The Balaban J connectivity index is 2.33. The van der Waals surface area contributed by atoms with E-state index < -0.39 is 0 Å². The zero-order chi connectivity index (χ0) is 14.0. The molecule has 102 valence electrons. The normalized spacial score (nSPS) is 11.2. The molecule has 0 aliphatic heterocycles. The molecule has 0 amide bonds. The Kier molecular flexibility index (Phi) is 4.36. The molecule has 7 heteroatoms. The van der Waals surface area contributed by atoms with E-state index in [1.165, 1.54) is 23.3 Å². The largest absolute Gasteiger partial charge is 0.383 e. The molecular weight excluding hydrogens is 278 g/mol. The Morgan fingerprint density at radius 2 is 2.00 bits per heavy atom. The average Bonchev–Trinajstić information content (AvgIpc) is 2.82. The summed E-state index contributed by atoms with van der Waals surface area (Å²) in [5, 5.41) is 0.870. The van der Waals surface area contributed by atoms with Crippen LogP contribution >= 0.6 is 23.3 Å².